The number of ether oxygens (including phenoxy) is 1. The van der Waals surface area contributed by atoms with Crippen molar-refractivity contribution in [2.45, 2.75) is 44.7 Å². The van der Waals surface area contributed by atoms with E-state index >= 15 is 0 Å². The fourth-order valence-electron chi connectivity index (χ4n) is 3.13. The van der Waals surface area contributed by atoms with Crippen LogP contribution in [0.25, 0.3) is 0 Å². The minimum absolute atomic E-state index is 0.375. The number of hydrogen-bond acceptors (Lipinski definition) is 3. The van der Waals surface area contributed by atoms with Crippen molar-refractivity contribution in [3.63, 3.8) is 0 Å². The van der Waals surface area contributed by atoms with Crippen molar-refractivity contribution in [1.82, 2.24) is 10.2 Å². The Morgan fingerprint density at radius 1 is 1.40 bits per heavy atom. The lowest BCUT2D eigenvalue weighted by Gasteiger charge is -2.21. The van der Waals surface area contributed by atoms with Crippen LogP contribution in [0.4, 0.5) is 0 Å². The molecule has 112 valence electrons. The molecule has 1 heterocycles. The average Bonchev–Trinajstić information content (AvgIpc) is 2.87. The molecule has 0 spiro atoms. The van der Waals surface area contributed by atoms with Crippen molar-refractivity contribution in [2.24, 2.45) is 0 Å². The zero-order chi connectivity index (χ0) is 14.4. The first-order valence-electron chi connectivity index (χ1n) is 7.85. The van der Waals surface area contributed by atoms with Crippen molar-refractivity contribution >= 4 is 0 Å². The highest BCUT2D eigenvalue weighted by molar-refractivity contribution is 5.35. The zero-order valence-electron chi connectivity index (χ0n) is 13.1. The summed E-state index contributed by atoms with van der Waals surface area (Å²) in [7, 11) is 4.23. The lowest BCUT2D eigenvalue weighted by Crippen LogP contribution is -2.26. The van der Waals surface area contributed by atoms with Crippen molar-refractivity contribution in [2.75, 3.05) is 27.2 Å². The first-order valence-corrected chi connectivity index (χ1v) is 7.85. The number of benzene rings is 1. The topological polar surface area (TPSA) is 24.5 Å². The molecular formula is C17H28N2O. The second-order valence-corrected chi connectivity index (χ2v) is 5.70. The van der Waals surface area contributed by atoms with Crippen LogP contribution in [-0.2, 0) is 0 Å². The van der Waals surface area contributed by atoms with E-state index in [1.165, 1.54) is 24.9 Å². The monoisotopic (exact) mass is 276 g/mol. The lowest BCUT2D eigenvalue weighted by molar-refractivity contribution is 0.231. The Kier molecular flexibility index (Phi) is 5.86. The van der Waals surface area contributed by atoms with Crippen molar-refractivity contribution in [3.05, 3.63) is 29.8 Å². The Hall–Kier alpha value is -1.06. The lowest BCUT2D eigenvalue weighted by atomic mass is 10.0. The van der Waals surface area contributed by atoms with Gasteiger partial charge in [0, 0.05) is 17.6 Å². The summed E-state index contributed by atoms with van der Waals surface area (Å²) in [5.74, 6) is 1.04. The SMILES string of the molecule is CCC(NC)c1ccccc1OCCC1CCCN1C. The zero-order valence-corrected chi connectivity index (χ0v) is 13.1. The molecular weight excluding hydrogens is 248 g/mol. The van der Waals surface area contributed by atoms with E-state index in [0.29, 0.717) is 12.1 Å². The molecule has 0 aliphatic carbocycles. The Morgan fingerprint density at radius 2 is 2.20 bits per heavy atom. The van der Waals surface area contributed by atoms with Crippen LogP contribution in [-0.4, -0.2) is 38.2 Å². The van der Waals surface area contributed by atoms with Gasteiger partial charge >= 0.3 is 0 Å². The second-order valence-electron chi connectivity index (χ2n) is 5.70. The minimum atomic E-state index is 0.375. The molecule has 2 unspecified atom stereocenters. The third kappa shape index (κ3) is 3.74. The summed E-state index contributed by atoms with van der Waals surface area (Å²) in [5, 5.41) is 3.36. The van der Waals surface area contributed by atoms with Gasteiger partial charge < -0.3 is 15.0 Å². The van der Waals surface area contributed by atoms with E-state index in [1.807, 2.05) is 7.05 Å². The van der Waals surface area contributed by atoms with Gasteiger partial charge in [-0.1, -0.05) is 25.1 Å². The van der Waals surface area contributed by atoms with Gasteiger partial charge in [0.25, 0.3) is 0 Å². The summed E-state index contributed by atoms with van der Waals surface area (Å²) in [5.41, 5.74) is 1.28. The maximum Gasteiger partial charge on any atom is 0.124 e. The molecule has 0 bridgehead atoms. The van der Waals surface area contributed by atoms with Crippen LogP contribution in [0.1, 0.15) is 44.2 Å². The van der Waals surface area contributed by atoms with Crippen LogP contribution in [0.3, 0.4) is 0 Å². The predicted octanol–water partition coefficient (Wildman–Crippen LogP) is 3.22. The summed E-state index contributed by atoms with van der Waals surface area (Å²) < 4.78 is 6.07. The molecule has 0 aromatic heterocycles. The Morgan fingerprint density at radius 3 is 2.85 bits per heavy atom. The summed E-state index contributed by atoms with van der Waals surface area (Å²) >= 11 is 0. The van der Waals surface area contributed by atoms with Crippen LogP contribution < -0.4 is 10.1 Å². The summed E-state index contributed by atoms with van der Waals surface area (Å²) in [4.78, 5) is 2.46. The molecule has 1 N–H and O–H groups in total. The highest BCUT2D eigenvalue weighted by Gasteiger charge is 2.20. The number of likely N-dealkylation sites (tertiary alicyclic amines) is 1. The summed E-state index contributed by atoms with van der Waals surface area (Å²) in [6.07, 6.45) is 4.84. The van der Waals surface area contributed by atoms with E-state index in [2.05, 4.69) is 48.5 Å². The first-order chi connectivity index (χ1) is 9.76. The van der Waals surface area contributed by atoms with Crippen LogP contribution in [0, 0.1) is 0 Å². The smallest absolute Gasteiger partial charge is 0.124 e. The molecule has 1 fully saturated rings. The summed E-state index contributed by atoms with van der Waals surface area (Å²) in [6, 6.07) is 9.49. The minimum Gasteiger partial charge on any atom is -0.493 e. The van der Waals surface area contributed by atoms with Crippen LogP contribution in [0.15, 0.2) is 24.3 Å². The van der Waals surface area contributed by atoms with Gasteiger partial charge in [-0.25, -0.2) is 0 Å². The Labute approximate surface area is 123 Å². The van der Waals surface area contributed by atoms with Crippen LogP contribution >= 0.6 is 0 Å². The van der Waals surface area contributed by atoms with Crippen molar-refractivity contribution in [1.29, 1.82) is 0 Å². The molecule has 0 saturated carbocycles. The highest BCUT2D eigenvalue weighted by atomic mass is 16.5. The quantitative estimate of drug-likeness (QED) is 0.827. The van der Waals surface area contributed by atoms with Crippen molar-refractivity contribution in [3.8, 4) is 5.75 Å². The number of rotatable bonds is 7. The van der Waals surface area contributed by atoms with Gasteiger partial charge in [0.2, 0.25) is 0 Å². The Balaban J connectivity index is 1.92. The largest absolute Gasteiger partial charge is 0.493 e. The maximum absolute atomic E-state index is 6.07. The molecule has 0 amide bonds. The third-order valence-corrected chi connectivity index (χ3v) is 4.43. The van der Waals surface area contributed by atoms with Gasteiger partial charge in [-0.05, 0) is 52.4 Å². The van der Waals surface area contributed by atoms with Gasteiger partial charge in [0.15, 0.2) is 0 Å². The maximum atomic E-state index is 6.07. The molecule has 1 saturated heterocycles. The van der Waals surface area contributed by atoms with Gasteiger partial charge in [0.1, 0.15) is 5.75 Å². The molecule has 3 heteroatoms. The molecule has 1 aromatic carbocycles. The van der Waals surface area contributed by atoms with E-state index < -0.39 is 0 Å². The normalized spacial score (nSPS) is 21.1. The molecule has 3 nitrogen and oxygen atoms in total. The standard InChI is InChI=1S/C17H28N2O/c1-4-16(18-2)15-9-5-6-10-17(15)20-13-11-14-8-7-12-19(14)3/h5-6,9-10,14,16,18H,4,7-8,11-13H2,1-3H3. The Bertz CT molecular complexity index is 404. The van der Waals surface area contributed by atoms with Crippen molar-refractivity contribution < 1.29 is 4.74 Å². The van der Waals surface area contributed by atoms with E-state index in [1.54, 1.807) is 0 Å². The molecule has 0 radical (unpaired) electrons. The third-order valence-electron chi connectivity index (χ3n) is 4.43. The van der Waals surface area contributed by atoms with E-state index in [4.69, 9.17) is 4.74 Å². The molecule has 1 aliphatic rings. The summed E-state index contributed by atoms with van der Waals surface area (Å²) in [6.45, 7) is 4.25. The van der Waals surface area contributed by atoms with E-state index in [-0.39, 0.29) is 0 Å². The number of nitrogens with zero attached hydrogens (tertiary/aromatic N) is 1. The fraction of sp³-hybridized carbons (Fsp3) is 0.647. The van der Waals surface area contributed by atoms with E-state index in [0.717, 1.165) is 25.2 Å². The van der Waals surface area contributed by atoms with Gasteiger partial charge in [-0.2, -0.15) is 0 Å². The molecule has 1 aliphatic heterocycles. The molecule has 2 rings (SSSR count). The molecule has 1 aromatic rings. The molecule has 20 heavy (non-hydrogen) atoms. The van der Waals surface area contributed by atoms with Gasteiger partial charge in [-0.15, -0.1) is 0 Å². The van der Waals surface area contributed by atoms with Crippen LogP contribution in [0.2, 0.25) is 0 Å². The van der Waals surface area contributed by atoms with Gasteiger partial charge in [0.05, 0.1) is 6.61 Å². The number of hydrogen-bond donors (Lipinski definition) is 1. The molecule has 2 atom stereocenters. The predicted molar refractivity (Wildman–Crippen MR) is 84.3 cm³/mol. The number of para-hydroxylation sites is 1. The second kappa shape index (κ2) is 7.65. The number of nitrogens with one attached hydrogen (secondary N) is 1. The van der Waals surface area contributed by atoms with Crippen LogP contribution in [0.5, 0.6) is 5.75 Å². The highest BCUT2D eigenvalue weighted by Crippen LogP contribution is 2.27. The fourth-order valence-corrected chi connectivity index (χ4v) is 3.13. The van der Waals surface area contributed by atoms with E-state index in [9.17, 15) is 0 Å². The van der Waals surface area contributed by atoms with Gasteiger partial charge in [-0.3, -0.25) is 0 Å². The average molecular weight is 276 g/mol. The first kappa shape index (κ1) is 15.3.